The average Bonchev–Trinajstić information content (AvgIpc) is 3.72. The van der Waals surface area contributed by atoms with Crippen molar-refractivity contribution in [3.63, 3.8) is 0 Å². The molecule has 0 N–H and O–H groups in total. The highest BCUT2D eigenvalue weighted by molar-refractivity contribution is 6.11. The van der Waals surface area contributed by atoms with E-state index in [1.807, 2.05) is 152 Å². The van der Waals surface area contributed by atoms with Crippen molar-refractivity contribution in [2.75, 3.05) is 0 Å². The molecular formula is C56H33N9. The fourth-order valence-corrected chi connectivity index (χ4v) is 8.26. The maximum absolute atomic E-state index is 10.2. The number of benzene rings is 8. The average molecular weight is 832 g/mol. The van der Waals surface area contributed by atoms with Gasteiger partial charge in [-0.3, -0.25) is 0 Å². The molecule has 0 aliphatic heterocycles. The Balaban J connectivity index is 1.21. The molecule has 0 radical (unpaired) electrons. The van der Waals surface area contributed by atoms with Gasteiger partial charge in [0.2, 0.25) is 0 Å². The summed E-state index contributed by atoms with van der Waals surface area (Å²) in [5, 5.41) is 12.3. The summed E-state index contributed by atoms with van der Waals surface area (Å²) in [5.74, 6) is 3.10. The first-order valence-electron chi connectivity index (χ1n) is 21.0. The Kier molecular flexibility index (Phi) is 9.73. The normalized spacial score (nSPS) is 11.0. The largest absolute Gasteiger partial charge is 0.308 e. The summed E-state index contributed by atoms with van der Waals surface area (Å²) >= 11 is 0. The molecule has 65 heavy (non-hydrogen) atoms. The topological polar surface area (TPSA) is 110 Å². The van der Waals surface area contributed by atoms with Crippen LogP contribution < -0.4 is 0 Å². The molecule has 0 atom stereocenters. The molecule has 9 heteroatoms. The molecule has 0 saturated carbocycles. The highest BCUT2D eigenvalue weighted by Gasteiger charge is 2.22. The molecule has 3 heterocycles. The van der Waals surface area contributed by atoms with Crippen LogP contribution in [0.25, 0.3) is 112 Å². The van der Waals surface area contributed by atoms with Crippen molar-refractivity contribution in [2.24, 2.45) is 0 Å². The molecule has 8 aromatic carbocycles. The summed E-state index contributed by atoms with van der Waals surface area (Å²) in [6, 6.07) is 68.0. The lowest BCUT2D eigenvalue weighted by Crippen LogP contribution is -2.05. The fraction of sp³-hybridized carbons (Fsp3) is 0. The van der Waals surface area contributed by atoms with E-state index in [1.54, 1.807) is 12.1 Å². The lowest BCUT2D eigenvalue weighted by Gasteiger charge is -2.17. The van der Waals surface area contributed by atoms with Gasteiger partial charge in [-0.25, -0.2) is 34.7 Å². The third-order valence-electron chi connectivity index (χ3n) is 11.4. The number of aromatic nitrogens is 7. The Bertz CT molecular complexity index is 3550. The van der Waals surface area contributed by atoms with E-state index in [9.17, 15) is 5.26 Å². The first-order chi connectivity index (χ1) is 32.1. The number of para-hydroxylation sites is 1. The molecule has 11 rings (SSSR count). The summed E-state index contributed by atoms with van der Waals surface area (Å²) in [4.78, 5) is 34.3. The third-order valence-corrected chi connectivity index (χ3v) is 11.4. The van der Waals surface area contributed by atoms with E-state index in [2.05, 4.69) is 51.9 Å². The highest BCUT2D eigenvalue weighted by Crippen LogP contribution is 2.40. The molecule has 9 nitrogen and oxygen atoms in total. The van der Waals surface area contributed by atoms with Crippen LogP contribution in [-0.4, -0.2) is 34.5 Å². The summed E-state index contributed by atoms with van der Waals surface area (Å²) < 4.78 is 2.24. The third kappa shape index (κ3) is 7.21. The lowest BCUT2D eigenvalue weighted by molar-refractivity contribution is 1.06. The standard InChI is InChI=1S/C56H33N9/c1-58-43-28-30-44(42(32-43)35-57)40-26-29-46-45-24-14-15-25-48(45)65(50(46)34-40)49-31-27-41(55-61-51(36-16-6-2-7-17-36)59-52(62-55)37-18-8-3-9-19-37)33-47(49)56-63-53(38-20-10-4-11-21-38)60-54(64-56)39-22-12-5-13-23-39/h2-34H. The molecule has 0 amide bonds. The van der Waals surface area contributed by atoms with Gasteiger partial charge in [0.15, 0.2) is 40.6 Å². The predicted molar refractivity (Wildman–Crippen MR) is 257 cm³/mol. The van der Waals surface area contributed by atoms with Gasteiger partial charge in [-0.15, -0.1) is 0 Å². The van der Waals surface area contributed by atoms with Gasteiger partial charge in [0.05, 0.1) is 29.4 Å². The number of rotatable bonds is 8. The van der Waals surface area contributed by atoms with E-state index in [1.165, 1.54) is 0 Å². The number of nitriles is 1. The minimum absolute atomic E-state index is 0.414. The van der Waals surface area contributed by atoms with Crippen LogP contribution in [0.2, 0.25) is 0 Å². The molecule has 0 aliphatic carbocycles. The summed E-state index contributed by atoms with van der Waals surface area (Å²) in [7, 11) is 0. The molecule has 0 unspecified atom stereocenters. The van der Waals surface area contributed by atoms with Crippen LogP contribution in [-0.2, 0) is 0 Å². The lowest BCUT2D eigenvalue weighted by atomic mass is 9.98. The Morgan fingerprint density at radius 1 is 0.385 bits per heavy atom. The second-order valence-corrected chi connectivity index (χ2v) is 15.3. The van der Waals surface area contributed by atoms with E-state index in [-0.39, 0.29) is 0 Å². The van der Waals surface area contributed by atoms with Crippen molar-refractivity contribution in [1.29, 1.82) is 5.26 Å². The van der Waals surface area contributed by atoms with Gasteiger partial charge in [-0.2, -0.15) is 5.26 Å². The first kappa shape index (κ1) is 38.5. The Morgan fingerprint density at radius 3 is 1.37 bits per heavy atom. The quantitative estimate of drug-likeness (QED) is 0.140. The second kappa shape index (κ2) is 16.4. The van der Waals surface area contributed by atoms with E-state index in [4.69, 9.17) is 36.5 Å². The second-order valence-electron chi connectivity index (χ2n) is 15.3. The van der Waals surface area contributed by atoms with Gasteiger partial charge in [0.1, 0.15) is 0 Å². The number of nitrogens with zero attached hydrogens (tertiary/aromatic N) is 9. The van der Waals surface area contributed by atoms with Crippen LogP contribution in [0.4, 0.5) is 5.69 Å². The molecule has 0 bridgehead atoms. The van der Waals surface area contributed by atoms with Crippen LogP contribution in [0.15, 0.2) is 200 Å². The summed E-state index contributed by atoms with van der Waals surface area (Å²) in [5.41, 5.74) is 10.0. The smallest absolute Gasteiger partial charge is 0.188 e. The van der Waals surface area contributed by atoms with Crippen molar-refractivity contribution in [3.8, 4) is 91.2 Å². The monoisotopic (exact) mass is 831 g/mol. The maximum atomic E-state index is 10.2. The summed E-state index contributed by atoms with van der Waals surface area (Å²) in [6.45, 7) is 7.56. The van der Waals surface area contributed by atoms with Crippen molar-refractivity contribution >= 4 is 27.5 Å². The van der Waals surface area contributed by atoms with Crippen LogP contribution in [0, 0.1) is 17.9 Å². The van der Waals surface area contributed by atoms with Gasteiger partial charge in [0.25, 0.3) is 0 Å². The molecule has 0 spiro atoms. The summed E-state index contributed by atoms with van der Waals surface area (Å²) in [6.07, 6.45) is 0. The predicted octanol–water partition coefficient (Wildman–Crippen LogP) is 13.2. The van der Waals surface area contributed by atoms with Crippen LogP contribution >= 0.6 is 0 Å². The Hall–Kier alpha value is -9.44. The minimum Gasteiger partial charge on any atom is -0.308 e. The maximum Gasteiger partial charge on any atom is 0.188 e. The van der Waals surface area contributed by atoms with Crippen molar-refractivity contribution in [2.45, 2.75) is 0 Å². The van der Waals surface area contributed by atoms with Crippen molar-refractivity contribution in [1.82, 2.24) is 34.5 Å². The number of fused-ring (bicyclic) bond motifs is 3. The van der Waals surface area contributed by atoms with Crippen LogP contribution in [0.5, 0.6) is 0 Å². The molecule has 0 fully saturated rings. The van der Waals surface area contributed by atoms with Gasteiger partial charge >= 0.3 is 0 Å². The zero-order chi connectivity index (χ0) is 43.7. The molecular weight excluding hydrogens is 799 g/mol. The Morgan fingerprint density at radius 2 is 0.846 bits per heavy atom. The molecule has 3 aromatic heterocycles. The van der Waals surface area contributed by atoms with Gasteiger partial charge in [-0.1, -0.05) is 164 Å². The number of hydrogen-bond donors (Lipinski definition) is 0. The fourth-order valence-electron chi connectivity index (χ4n) is 8.26. The highest BCUT2D eigenvalue weighted by atomic mass is 15.1. The van der Waals surface area contributed by atoms with Gasteiger partial charge in [0, 0.05) is 49.7 Å². The molecule has 11 aromatic rings. The van der Waals surface area contributed by atoms with Crippen molar-refractivity contribution < 1.29 is 0 Å². The first-order valence-corrected chi connectivity index (χ1v) is 21.0. The van der Waals surface area contributed by atoms with Gasteiger partial charge in [-0.05, 0) is 47.5 Å². The molecule has 302 valence electrons. The SMILES string of the molecule is [C-]#[N+]c1ccc(-c2ccc3c4ccccc4n(-c4ccc(-c5nc(-c6ccccc6)nc(-c6ccccc6)n5)cc4-c4nc(-c5ccccc5)nc(-c5ccccc5)n4)c3c2)c(C#N)c1. The molecule has 0 saturated heterocycles. The van der Waals surface area contributed by atoms with Gasteiger partial charge < -0.3 is 4.57 Å². The van der Waals surface area contributed by atoms with E-state index < -0.39 is 0 Å². The zero-order valence-corrected chi connectivity index (χ0v) is 34.6. The van der Waals surface area contributed by atoms with E-state index >= 15 is 0 Å². The minimum atomic E-state index is 0.414. The zero-order valence-electron chi connectivity index (χ0n) is 34.6. The van der Waals surface area contributed by atoms with E-state index in [0.717, 1.165) is 72.0 Å². The molecule has 0 aliphatic rings. The van der Waals surface area contributed by atoms with Crippen LogP contribution in [0.1, 0.15) is 5.56 Å². The van der Waals surface area contributed by atoms with Crippen molar-refractivity contribution in [3.05, 3.63) is 217 Å². The number of hydrogen-bond acceptors (Lipinski definition) is 7. The Labute approximate surface area is 374 Å². The van der Waals surface area contributed by atoms with E-state index in [0.29, 0.717) is 46.2 Å². The van der Waals surface area contributed by atoms with Crippen LogP contribution in [0.3, 0.4) is 0 Å².